The number of aliphatic hydroxyl groups excluding tert-OH is 1. The molecule has 4 heteroatoms. The minimum atomic E-state index is -0.521. The van der Waals surface area contributed by atoms with Gasteiger partial charge in [0, 0.05) is 39.1 Å². The van der Waals surface area contributed by atoms with E-state index >= 15 is 0 Å². The first-order valence-electron chi connectivity index (χ1n) is 4.98. The van der Waals surface area contributed by atoms with Crippen molar-refractivity contribution >= 4 is 0 Å². The molecule has 1 aromatic rings. The Morgan fingerprint density at radius 2 is 2.36 bits per heavy atom. The number of hydrogen-bond acceptors (Lipinski definition) is 3. The van der Waals surface area contributed by atoms with Gasteiger partial charge in [-0.3, -0.25) is 0 Å². The smallest absolute Gasteiger partial charge is 0.137 e. The molecular formula is C10H18N2O2. The van der Waals surface area contributed by atoms with Crippen LogP contribution in [-0.4, -0.2) is 27.9 Å². The maximum absolute atomic E-state index is 9.73. The number of ether oxygens (including phenoxy) is 1. The van der Waals surface area contributed by atoms with Crippen molar-refractivity contribution < 1.29 is 9.84 Å². The molecule has 0 fully saturated rings. The lowest BCUT2D eigenvalue weighted by Crippen LogP contribution is -2.08. The van der Waals surface area contributed by atoms with E-state index in [9.17, 15) is 5.11 Å². The molecule has 80 valence electrons. The highest BCUT2D eigenvalue weighted by Crippen LogP contribution is 2.13. The second-order valence-electron chi connectivity index (χ2n) is 3.31. The van der Waals surface area contributed by atoms with E-state index in [0.717, 1.165) is 13.0 Å². The fourth-order valence-corrected chi connectivity index (χ4v) is 1.27. The largest absolute Gasteiger partial charge is 0.385 e. The van der Waals surface area contributed by atoms with Crippen molar-refractivity contribution in [1.82, 2.24) is 9.55 Å². The van der Waals surface area contributed by atoms with Crippen LogP contribution < -0.4 is 0 Å². The summed E-state index contributed by atoms with van der Waals surface area (Å²) in [6.45, 7) is 3.41. The number of aromatic nitrogens is 2. The second kappa shape index (κ2) is 5.78. The molecule has 0 radical (unpaired) electrons. The van der Waals surface area contributed by atoms with Crippen LogP contribution >= 0.6 is 0 Å². The average molecular weight is 198 g/mol. The van der Waals surface area contributed by atoms with Crippen molar-refractivity contribution in [1.29, 1.82) is 0 Å². The Hall–Kier alpha value is -0.870. The van der Waals surface area contributed by atoms with E-state index in [1.807, 2.05) is 17.8 Å². The van der Waals surface area contributed by atoms with Gasteiger partial charge >= 0.3 is 0 Å². The molecule has 1 aromatic heterocycles. The Bertz CT molecular complexity index is 260. The van der Waals surface area contributed by atoms with Crippen LogP contribution in [0.1, 0.15) is 31.7 Å². The summed E-state index contributed by atoms with van der Waals surface area (Å²) >= 11 is 0. The summed E-state index contributed by atoms with van der Waals surface area (Å²) in [6.07, 6.45) is 4.60. The molecule has 1 N–H and O–H groups in total. The standard InChI is InChI=1S/C10H18N2O2/c1-3-7-14-8-4-9(13)10-11-5-6-12(10)2/h5-6,9,13H,3-4,7-8H2,1-2H3. The van der Waals surface area contributed by atoms with E-state index in [2.05, 4.69) is 11.9 Å². The summed E-state index contributed by atoms with van der Waals surface area (Å²) < 4.78 is 7.12. The van der Waals surface area contributed by atoms with Crippen LogP contribution in [0, 0.1) is 0 Å². The summed E-state index contributed by atoms with van der Waals surface area (Å²) in [5.74, 6) is 0.699. The summed E-state index contributed by atoms with van der Waals surface area (Å²) in [7, 11) is 1.87. The first-order chi connectivity index (χ1) is 6.75. The Kier molecular flexibility index (Phi) is 4.62. The van der Waals surface area contributed by atoms with Crippen molar-refractivity contribution in [2.45, 2.75) is 25.9 Å². The number of aliphatic hydroxyl groups is 1. The average Bonchev–Trinajstić information content (AvgIpc) is 2.59. The molecule has 0 aliphatic heterocycles. The predicted octanol–water partition coefficient (Wildman–Crippen LogP) is 1.27. The monoisotopic (exact) mass is 198 g/mol. The molecule has 0 bridgehead atoms. The molecule has 1 heterocycles. The normalized spacial score (nSPS) is 13.1. The van der Waals surface area contributed by atoms with E-state index < -0.39 is 6.10 Å². The molecule has 0 aliphatic carbocycles. The third-order valence-corrected chi connectivity index (χ3v) is 2.04. The molecular weight excluding hydrogens is 180 g/mol. The molecule has 4 nitrogen and oxygen atoms in total. The zero-order valence-corrected chi connectivity index (χ0v) is 8.81. The highest BCUT2D eigenvalue weighted by atomic mass is 16.5. The highest BCUT2D eigenvalue weighted by Gasteiger charge is 2.11. The molecule has 0 saturated carbocycles. The fraction of sp³-hybridized carbons (Fsp3) is 0.700. The third-order valence-electron chi connectivity index (χ3n) is 2.04. The topological polar surface area (TPSA) is 47.3 Å². The summed E-state index contributed by atoms with van der Waals surface area (Å²) in [5.41, 5.74) is 0. The molecule has 0 spiro atoms. The Morgan fingerprint density at radius 1 is 1.57 bits per heavy atom. The van der Waals surface area contributed by atoms with Crippen molar-refractivity contribution in [3.05, 3.63) is 18.2 Å². The molecule has 0 aliphatic rings. The van der Waals surface area contributed by atoms with Crippen LogP contribution in [0.25, 0.3) is 0 Å². The SMILES string of the molecule is CCCOCCC(O)c1nccn1C. The molecule has 1 unspecified atom stereocenters. The molecule has 14 heavy (non-hydrogen) atoms. The van der Waals surface area contributed by atoms with Crippen LogP contribution in [-0.2, 0) is 11.8 Å². The van der Waals surface area contributed by atoms with Gasteiger partial charge in [-0.15, -0.1) is 0 Å². The second-order valence-corrected chi connectivity index (χ2v) is 3.31. The highest BCUT2D eigenvalue weighted by molar-refractivity contribution is 4.95. The van der Waals surface area contributed by atoms with Crippen molar-refractivity contribution in [3.63, 3.8) is 0 Å². The zero-order valence-electron chi connectivity index (χ0n) is 8.81. The minimum absolute atomic E-state index is 0.521. The van der Waals surface area contributed by atoms with Crippen LogP contribution in [0.15, 0.2) is 12.4 Å². The zero-order chi connectivity index (χ0) is 10.4. The number of rotatable bonds is 6. The molecule has 0 aromatic carbocycles. The van der Waals surface area contributed by atoms with Crippen LogP contribution in [0.4, 0.5) is 0 Å². The predicted molar refractivity (Wildman–Crippen MR) is 53.9 cm³/mol. The van der Waals surface area contributed by atoms with Gasteiger partial charge in [0.1, 0.15) is 11.9 Å². The Morgan fingerprint density at radius 3 is 2.93 bits per heavy atom. The number of aryl methyl sites for hydroxylation is 1. The van der Waals surface area contributed by atoms with Gasteiger partial charge in [-0.05, 0) is 6.42 Å². The lowest BCUT2D eigenvalue weighted by molar-refractivity contribution is 0.0771. The van der Waals surface area contributed by atoms with E-state index in [1.165, 1.54) is 0 Å². The van der Waals surface area contributed by atoms with E-state index in [1.54, 1.807) is 6.20 Å². The summed E-state index contributed by atoms with van der Waals surface area (Å²) in [5, 5.41) is 9.73. The van der Waals surface area contributed by atoms with Gasteiger partial charge in [-0.2, -0.15) is 0 Å². The maximum Gasteiger partial charge on any atom is 0.137 e. The third kappa shape index (κ3) is 3.12. The van der Waals surface area contributed by atoms with Crippen molar-refractivity contribution in [3.8, 4) is 0 Å². The van der Waals surface area contributed by atoms with Gasteiger partial charge in [-0.25, -0.2) is 4.98 Å². The van der Waals surface area contributed by atoms with Crippen LogP contribution in [0.2, 0.25) is 0 Å². The Labute approximate surface area is 84.5 Å². The molecule has 1 rings (SSSR count). The lowest BCUT2D eigenvalue weighted by atomic mass is 10.2. The first-order valence-corrected chi connectivity index (χ1v) is 4.98. The first kappa shape index (κ1) is 11.2. The van der Waals surface area contributed by atoms with Crippen molar-refractivity contribution in [2.75, 3.05) is 13.2 Å². The van der Waals surface area contributed by atoms with Gasteiger partial charge in [0.05, 0.1) is 0 Å². The molecule has 0 amide bonds. The van der Waals surface area contributed by atoms with E-state index in [-0.39, 0.29) is 0 Å². The maximum atomic E-state index is 9.73. The lowest BCUT2D eigenvalue weighted by Gasteiger charge is -2.10. The number of hydrogen-bond donors (Lipinski definition) is 1. The number of nitrogens with zero attached hydrogens (tertiary/aromatic N) is 2. The quantitative estimate of drug-likeness (QED) is 0.700. The Balaban J connectivity index is 2.28. The van der Waals surface area contributed by atoms with Gasteiger partial charge in [0.2, 0.25) is 0 Å². The number of imidazole rings is 1. The fourth-order valence-electron chi connectivity index (χ4n) is 1.27. The van der Waals surface area contributed by atoms with Gasteiger partial charge in [0.15, 0.2) is 0 Å². The van der Waals surface area contributed by atoms with Gasteiger partial charge < -0.3 is 14.4 Å². The van der Waals surface area contributed by atoms with Crippen LogP contribution in [0.5, 0.6) is 0 Å². The van der Waals surface area contributed by atoms with Crippen LogP contribution in [0.3, 0.4) is 0 Å². The van der Waals surface area contributed by atoms with Gasteiger partial charge in [-0.1, -0.05) is 6.92 Å². The molecule has 0 saturated heterocycles. The summed E-state index contributed by atoms with van der Waals surface area (Å²) in [6, 6.07) is 0. The molecule has 1 atom stereocenters. The van der Waals surface area contributed by atoms with Gasteiger partial charge in [0.25, 0.3) is 0 Å². The van der Waals surface area contributed by atoms with E-state index in [0.29, 0.717) is 18.9 Å². The summed E-state index contributed by atoms with van der Waals surface area (Å²) in [4.78, 5) is 4.07. The van der Waals surface area contributed by atoms with E-state index in [4.69, 9.17) is 4.74 Å². The van der Waals surface area contributed by atoms with Crippen molar-refractivity contribution in [2.24, 2.45) is 7.05 Å². The minimum Gasteiger partial charge on any atom is -0.385 e.